The van der Waals surface area contributed by atoms with E-state index in [9.17, 15) is 0 Å². The normalized spacial score (nSPS) is 16.1. The van der Waals surface area contributed by atoms with Gasteiger partial charge in [-0.3, -0.25) is 0 Å². The molecule has 0 bridgehead atoms. The molecule has 4 rings (SSSR count). The number of nitrogens with one attached hydrogen (secondary N) is 1. The Kier molecular flexibility index (Phi) is 3.19. The summed E-state index contributed by atoms with van der Waals surface area (Å²) in [6, 6.07) is 26.5. The lowest BCUT2D eigenvalue weighted by Crippen LogP contribution is -2.05. The van der Waals surface area contributed by atoms with Gasteiger partial charge < -0.3 is 5.32 Å². The molecular formula is C21H19N. The first-order valence-corrected chi connectivity index (χ1v) is 7.81. The standard InChI is InChI=1S/C21H19N/c1-15-6-5-9-18(12-15)21-14-19-13-17(10-11-20(19)22-21)16-7-3-2-4-8-16/h2-13,21-22H,14H2,1H3. The van der Waals surface area contributed by atoms with Gasteiger partial charge in [0.1, 0.15) is 0 Å². The Morgan fingerprint density at radius 1 is 0.818 bits per heavy atom. The predicted octanol–water partition coefficient (Wildman–Crippen LogP) is 5.37. The fourth-order valence-corrected chi connectivity index (χ4v) is 3.26. The maximum Gasteiger partial charge on any atom is 0.0555 e. The van der Waals surface area contributed by atoms with Crippen LogP contribution in [0, 0.1) is 6.92 Å². The quantitative estimate of drug-likeness (QED) is 0.667. The van der Waals surface area contributed by atoms with Crippen molar-refractivity contribution in [1.82, 2.24) is 0 Å². The van der Waals surface area contributed by atoms with Crippen molar-refractivity contribution in [2.45, 2.75) is 19.4 Å². The van der Waals surface area contributed by atoms with Crippen LogP contribution in [0.15, 0.2) is 72.8 Å². The Morgan fingerprint density at radius 2 is 1.68 bits per heavy atom. The number of anilines is 1. The van der Waals surface area contributed by atoms with E-state index >= 15 is 0 Å². The van der Waals surface area contributed by atoms with E-state index in [1.165, 1.54) is 33.5 Å². The summed E-state index contributed by atoms with van der Waals surface area (Å²) < 4.78 is 0. The maximum absolute atomic E-state index is 3.66. The molecule has 1 heteroatoms. The summed E-state index contributed by atoms with van der Waals surface area (Å²) in [5.41, 5.74) is 7.95. The zero-order valence-electron chi connectivity index (χ0n) is 12.7. The first kappa shape index (κ1) is 13.1. The smallest absolute Gasteiger partial charge is 0.0555 e. The Morgan fingerprint density at radius 3 is 2.50 bits per heavy atom. The Bertz CT molecular complexity index is 805. The number of rotatable bonds is 2. The third-order valence-corrected chi connectivity index (χ3v) is 4.41. The minimum absolute atomic E-state index is 0.390. The molecule has 22 heavy (non-hydrogen) atoms. The van der Waals surface area contributed by atoms with Gasteiger partial charge in [-0.15, -0.1) is 0 Å². The molecule has 0 aliphatic carbocycles. The highest BCUT2D eigenvalue weighted by Gasteiger charge is 2.22. The van der Waals surface area contributed by atoms with E-state index in [-0.39, 0.29) is 0 Å². The van der Waals surface area contributed by atoms with Gasteiger partial charge in [0.15, 0.2) is 0 Å². The van der Waals surface area contributed by atoms with Crippen LogP contribution in [0.3, 0.4) is 0 Å². The van der Waals surface area contributed by atoms with Crippen molar-refractivity contribution in [2.75, 3.05) is 5.32 Å². The molecule has 1 unspecified atom stereocenters. The van der Waals surface area contributed by atoms with E-state index in [4.69, 9.17) is 0 Å². The van der Waals surface area contributed by atoms with E-state index in [1.807, 2.05) is 0 Å². The van der Waals surface area contributed by atoms with Gasteiger partial charge in [0.25, 0.3) is 0 Å². The van der Waals surface area contributed by atoms with Crippen LogP contribution in [0.1, 0.15) is 22.7 Å². The molecule has 0 amide bonds. The number of hydrogen-bond donors (Lipinski definition) is 1. The summed E-state index contributed by atoms with van der Waals surface area (Å²) in [7, 11) is 0. The van der Waals surface area contributed by atoms with Gasteiger partial charge in [0.2, 0.25) is 0 Å². The molecule has 3 aromatic carbocycles. The van der Waals surface area contributed by atoms with Crippen LogP contribution >= 0.6 is 0 Å². The minimum Gasteiger partial charge on any atom is -0.378 e. The Labute approximate surface area is 131 Å². The van der Waals surface area contributed by atoms with E-state index < -0.39 is 0 Å². The molecule has 1 atom stereocenters. The Hall–Kier alpha value is -2.54. The van der Waals surface area contributed by atoms with Gasteiger partial charge in [-0.25, -0.2) is 0 Å². The lowest BCUT2D eigenvalue weighted by Gasteiger charge is -2.12. The molecule has 1 heterocycles. The summed E-state index contributed by atoms with van der Waals surface area (Å²) in [6.07, 6.45) is 1.06. The van der Waals surface area contributed by atoms with E-state index in [0.717, 1.165) is 6.42 Å². The van der Waals surface area contributed by atoms with Crippen molar-refractivity contribution in [3.8, 4) is 11.1 Å². The van der Waals surface area contributed by atoms with Crippen LogP contribution in [0.25, 0.3) is 11.1 Å². The fourth-order valence-electron chi connectivity index (χ4n) is 3.26. The first-order valence-electron chi connectivity index (χ1n) is 7.81. The van der Waals surface area contributed by atoms with Gasteiger partial charge in [-0.1, -0.05) is 66.2 Å². The molecule has 1 aliphatic rings. The molecule has 1 N–H and O–H groups in total. The van der Waals surface area contributed by atoms with Gasteiger partial charge >= 0.3 is 0 Å². The zero-order valence-corrected chi connectivity index (χ0v) is 12.7. The van der Waals surface area contributed by atoms with Crippen molar-refractivity contribution < 1.29 is 0 Å². The van der Waals surface area contributed by atoms with Crippen LogP contribution in [-0.2, 0) is 6.42 Å². The average Bonchev–Trinajstić information content (AvgIpc) is 2.99. The lowest BCUT2D eigenvalue weighted by molar-refractivity contribution is 0.823. The Balaban J connectivity index is 1.64. The summed E-state index contributed by atoms with van der Waals surface area (Å²) >= 11 is 0. The van der Waals surface area contributed by atoms with Crippen LogP contribution in [0.2, 0.25) is 0 Å². The van der Waals surface area contributed by atoms with Crippen molar-refractivity contribution in [3.63, 3.8) is 0 Å². The third kappa shape index (κ3) is 2.39. The van der Waals surface area contributed by atoms with Crippen molar-refractivity contribution in [2.24, 2.45) is 0 Å². The SMILES string of the molecule is Cc1cccc(C2Cc3cc(-c4ccccc4)ccc3N2)c1. The topological polar surface area (TPSA) is 12.0 Å². The molecular weight excluding hydrogens is 266 g/mol. The molecule has 0 saturated heterocycles. The fraction of sp³-hybridized carbons (Fsp3) is 0.143. The molecule has 1 nitrogen and oxygen atoms in total. The number of hydrogen-bond acceptors (Lipinski definition) is 1. The molecule has 0 aromatic heterocycles. The monoisotopic (exact) mass is 285 g/mol. The average molecular weight is 285 g/mol. The molecule has 3 aromatic rings. The summed E-state index contributed by atoms with van der Waals surface area (Å²) in [6.45, 7) is 2.15. The summed E-state index contributed by atoms with van der Waals surface area (Å²) in [4.78, 5) is 0. The van der Waals surface area contributed by atoms with Crippen LogP contribution in [-0.4, -0.2) is 0 Å². The summed E-state index contributed by atoms with van der Waals surface area (Å²) in [5, 5.41) is 3.66. The predicted molar refractivity (Wildman–Crippen MR) is 93.1 cm³/mol. The van der Waals surface area contributed by atoms with Gasteiger partial charge in [0, 0.05) is 5.69 Å². The van der Waals surface area contributed by atoms with Crippen molar-refractivity contribution in [1.29, 1.82) is 0 Å². The van der Waals surface area contributed by atoms with Gasteiger partial charge in [-0.2, -0.15) is 0 Å². The first-order chi connectivity index (χ1) is 10.8. The highest BCUT2D eigenvalue weighted by Crippen LogP contribution is 2.36. The third-order valence-electron chi connectivity index (χ3n) is 4.41. The highest BCUT2D eigenvalue weighted by molar-refractivity contribution is 5.70. The second-order valence-electron chi connectivity index (χ2n) is 6.05. The largest absolute Gasteiger partial charge is 0.378 e. The zero-order chi connectivity index (χ0) is 14.9. The summed E-state index contributed by atoms with van der Waals surface area (Å²) in [5.74, 6) is 0. The van der Waals surface area contributed by atoms with Crippen LogP contribution < -0.4 is 5.32 Å². The van der Waals surface area contributed by atoms with Gasteiger partial charge in [0.05, 0.1) is 6.04 Å². The maximum atomic E-state index is 3.66. The van der Waals surface area contributed by atoms with Crippen LogP contribution in [0.4, 0.5) is 5.69 Å². The number of benzene rings is 3. The lowest BCUT2D eigenvalue weighted by atomic mass is 9.98. The molecule has 0 radical (unpaired) electrons. The molecule has 0 fully saturated rings. The highest BCUT2D eigenvalue weighted by atomic mass is 14.9. The van der Waals surface area contributed by atoms with Crippen LogP contribution in [0.5, 0.6) is 0 Å². The number of aryl methyl sites for hydroxylation is 1. The molecule has 108 valence electrons. The number of fused-ring (bicyclic) bond motifs is 1. The molecule has 0 saturated carbocycles. The van der Waals surface area contributed by atoms with Crippen molar-refractivity contribution >= 4 is 5.69 Å². The second kappa shape index (κ2) is 5.34. The van der Waals surface area contributed by atoms with Gasteiger partial charge in [-0.05, 0) is 47.7 Å². The minimum atomic E-state index is 0.390. The van der Waals surface area contributed by atoms with E-state index in [2.05, 4.69) is 85.0 Å². The van der Waals surface area contributed by atoms with Crippen molar-refractivity contribution in [3.05, 3.63) is 89.5 Å². The molecule has 1 aliphatic heterocycles. The second-order valence-corrected chi connectivity index (χ2v) is 6.05. The van der Waals surface area contributed by atoms with E-state index in [1.54, 1.807) is 0 Å². The van der Waals surface area contributed by atoms with E-state index in [0.29, 0.717) is 6.04 Å². The molecule has 0 spiro atoms.